The Kier molecular flexibility index (Phi) is 11.9. The van der Waals surface area contributed by atoms with Gasteiger partial charge in [0.05, 0.1) is 26.6 Å². The molecule has 6 aromatic rings. The molecule has 17 heteroatoms. The molecule has 3 aromatic carbocycles. The zero-order valence-corrected chi connectivity index (χ0v) is 38.9. The quantitative estimate of drug-likeness (QED) is 0.0747. The molecule has 0 unspecified atom stereocenters. The van der Waals surface area contributed by atoms with Crippen LogP contribution in [0.4, 0.5) is 17.1 Å². The fourth-order valence-corrected chi connectivity index (χ4v) is 11.2. The second-order valence-corrected chi connectivity index (χ2v) is 21.3. The minimum atomic E-state index is -4.56. The third kappa shape index (κ3) is 9.28. The summed E-state index contributed by atoms with van der Waals surface area (Å²) in [4.78, 5) is 41.9. The summed E-state index contributed by atoms with van der Waals surface area (Å²) in [7, 11) is -4.56. The highest BCUT2D eigenvalue weighted by molar-refractivity contribution is 7.90. The number of hydrogen-bond donors (Lipinski definition) is 3. The van der Waals surface area contributed by atoms with Crippen molar-refractivity contribution >= 4 is 72.2 Å². The van der Waals surface area contributed by atoms with E-state index >= 15 is 0 Å². The molecule has 3 N–H and O–H groups in total. The number of nitro groups is 1. The van der Waals surface area contributed by atoms with Crippen molar-refractivity contribution in [3.05, 3.63) is 117 Å². The molecule has 10 rings (SSSR count). The van der Waals surface area contributed by atoms with Crippen molar-refractivity contribution < 1.29 is 18.1 Å². The van der Waals surface area contributed by atoms with Gasteiger partial charge in [0.25, 0.3) is 21.6 Å². The Bertz CT molecular complexity index is 2960. The summed E-state index contributed by atoms with van der Waals surface area (Å²) in [5.74, 6) is -0.527. The average molecular weight is 932 g/mol. The van der Waals surface area contributed by atoms with Crippen LogP contribution in [0.3, 0.4) is 0 Å². The molecule has 2 aliphatic heterocycles. The summed E-state index contributed by atoms with van der Waals surface area (Å²) in [6.45, 7) is 11.3. The molecule has 0 bridgehead atoms. The number of benzene rings is 3. The molecule has 5 heterocycles. The zero-order valence-electron chi connectivity index (χ0n) is 37.3. The predicted molar refractivity (Wildman–Crippen MR) is 259 cm³/mol. The van der Waals surface area contributed by atoms with Crippen LogP contribution in [0.15, 0.2) is 95.7 Å². The number of nitrogens with zero attached hydrogens (tertiary/aromatic N) is 7. The van der Waals surface area contributed by atoms with Crippen LogP contribution in [-0.2, 0) is 10.0 Å². The molecule has 0 radical (unpaired) electrons. The van der Waals surface area contributed by atoms with Crippen LogP contribution in [0.5, 0.6) is 0 Å². The lowest BCUT2D eigenvalue weighted by molar-refractivity contribution is -0.384. The van der Waals surface area contributed by atoms with Crippen molar-refractivity contribution in [2.75, 3.05) is 62.6 Å². The van der Waals surface area contributed by atoms with Gasteiger partial charge in [-0.2, -0.15) is 0 Å². The highest BCUT2D eigenvalue weighted by Crippen LogP contribution is 2.43. The SMILES string of the molecule is CC1(C)CCC(CN2CCN(c3ccc(C(=O)NS(=O)(=O)c4ccc(NCC5CCN(C6CC6)CC5)c([N+](=O)[O-])c4)c(-n4[nH]cc5nc6nccc6cc54)c3)CC2)=C(c2ccc(Cl)cc2)C1. The van der Waals surface area contributed by atoms with E-state index in [0.29, 0.717) is 40.9 Å². The lowest BCUT2D eigenvalue weighted by Gasteiger charge is -2.39. The van der Waals surface area contributed by atoms with Crippen molar-refractivity contribution in [2.24, 2.45) is 11.3 Å². The molecule has 4 aliphatic rings. The van der Waals surface area contributed by atoms with Crippen LogP contribution in [0, 0.1) is 21.4 Å². The van der Waals surface area contributed by atoms with E-state index < -0.39 is 20.9 Å². The Morgan fingerprint density at radius 3 is 2.47 bits per heavy atom. The highest BCUT2D eigenvalue weighted by Gasteiger charge is 2.33. The van der Waals surface area contributed by atoms with Gasteiger partial charge in [-0.25, -0.2) is 23.1 Å². The lowest BCUT2D eigenvalue weighted by Crippen LogP contribution is -2.47. The first kappa shape index (κ1) is 44.0. The normalized spacial score (nSPS) is 18.9. The highest BCUT2D eigenvalue weighted by atomic mass is 35.5. The maximum atomic E-state index is 14.3. The summed E-state index contributed by atoms with van der Waals surface area (Å²) in [6.07, 6.45) is 11.1. The van der Waals surface area contributed by atoms with Crippen molar-refractivity contribution in [3.63, 3.8) is 0 Å². The number of allylic oxidation sites excluding steroid dienone is 1. The fourth-order valence-electron chi connectivity index (χ4n) is 10.0. The second kappa shape index (κ2) is 17.8. The minimum Gasteiger partial charge on any atom is -0.379 e. The molecule has 2 aliphatic carbocycles. The van der Waals surface area contributed by atoms with Crippen molar-refractivity contribution in [3.8, 4) is 5.69 Å². The van der Waals surface area contributed by atoms with Gasteiger partial charge < -0.3 is 15.1 Å². The van der Waals surface area contributed by atoms with Crippen LogP contribution in [0.25, 0.3) is 33.3 Å². The number of pyridine rings is 1. The Morgan fingerprint density at radius 1 is 0.955 bits per heavy atom. The van der Waals surface area contributed by atoms with Crippen LogP contribution in [-0.4, -0.2) is 107 Å². The number of aromatic nitrogens is 4. The predicted octanol–water partition coefficient (Wildman–Crippen LogP) is 8.65. The van der Waals surface area contributed by atoms with E-state index in [-0.39, 0.29) is 27.2 Å². The first-order chi connectivity index (χ1) is 31.8. The number of aromatic amines is 1. The second-order valence-electron chi connectivity index (χ2n) is 19.2. The Balaban J connectivity index is 0.888. The average Bonchev–Trinajstić information content (AvgIpc) is 3.93. The van der Waals surface area contributed by atoms with E-state index in [1.165, 1.54) is 41.7 Å². The molecule has 15 nitrogen and oxygen atoms in total. The van der Waals surface area contributed by atoms with Gasteiger partial charge in [-0.05, 0) is 135 Å². The van der Waals surface area contributed by atoms with Crippen molar-refractivity contribution in [2.45, 2.75) is 69.7 Å². The van der Waals surface area contributed by atoms with Gasteiger partial charge in [-0.3, -0.25) is 29.6 Å². The number of rotatable bonds is 13. The number of halogens is 1. The molecule has 3 aromatic heterocycles. The fraction of sp³-hybridized carbons (Fsp3) is 0.408. The number of hydrogen-bond acceptors (Lipinski definition) is 11. The zero-order chi connectivity index (χ0) is 45.7. The van der Waals surface area contributed by atoms with E-state index in [1.807, 2.05) is 36.4 Å². The largest absolute Gasteiger partial charge is 0.379 e. The number of sulfonamides is 1. The summed E-state index contributed by atoms with van der Waals surface area (Å²) in [5, 5.41) is 20.3. The molecule has 2 saturated heterocycles. The van der Waals surface area contributed by atoms with E-state index in [1.54, 1.807) is 23.1 Å². The first-order valence-corrected chi connectivity index (χ1v) is 24.9. The number of likely N-dealkylation sites (tertiary alicyclic amines) is 1. The van der Waals surface area contributed by atoms with Gasteiger partial charge >= 0.3 is 0 Å². The number of H-pyrrole nitrogens is 1. The maximum absolute atomic E-state index is 14.3. The molecule has 1 saturated carbocycles. The third-order valence-corrected chi connectivity index (χ3v) is 15.6. The molecule has 66 heavy (non-hydrogen) atoms. The maximum Gasteiger partial charge on any atom is 0.293 e. The third-order valence-electron chi connectivity index (χ3n) is 14.1. The number of carbonyl (C=O) groups is 1. The summed E-state index contributed by atoms with van der Waals surface area (Å²) < 4.78 is 31.8. The van der Waals surface area contributed by atoms with Crippen molar-refractivity contribution in [1.82, 2.24) is 34.3 Å². The Labute approximate surface area is 389 Å². The van der Waals surface area contributed by atoms with E-state index in [4.69, 9.17) is 16.6 Å². The van der Waals surface area contributed by atoms with E-state index in [0.717, 1.165) is 100 Å². The van der Waals surface area contributed by atoms with Gasteiger partial charge in [0.15, 0.2) is 5.65 Å². The van der Waals surface area contributed by atoms with Crippen LogP contribution >= 0.6 is 11.6 Å². The molecule has 3 fully saturated rings. The summed E-state index contributed by atoms with van der Waals surface area (Å²) in [5.41, 5.74) is 7.46. The number of nitro benzene ring substituents is 1. The number of amides is 1. The number of piperidine rings is 1. The molecule has 0 atom stereocenters. The number of anilines is 2. The number of fused-ring (bicyclic) bond motifs is 2. The molecule has 0 spiro atoms. The number of nitrogens with one attached hydrogen (secondary N) is 3. The van der Waals surface area contributed by atoms with E-state index in [9.17, 15) is 23.3 Å². The topological polar surface area (TPSA) is 175 Å². The van der Waals surface area contributed by atoms with Gasteiger partial charge in [-0.1, -0.05) is 43.2 Å². The summed E-state index contributed by atoms with van der Waals surface area (Å²) in [6, 6.07) is 21.8. The Morgan fingerprint density at radius 2 is 1.73 bits per heavy atom. The van der Waals surface area contributed by atoms with Gasteiger partial charge in [0.2, 0.25) is 0 Å². The minimum absolute atomic E-state index is 0.0813. The van der Waals surface area contributed by atoms with Gasteiger partial charge in [-0.15, -0.1) is 0 Å². The Hall–Kier alpha value is -5.81. The van der Waals surface area contributed by atoms with Crippen molar-refractivity contribution in [1.29, 1.82) is 0 Å². The number of carbonyl (C=O) groups excluding carboxylic acids is 1. The number of piperazine rings is 1. The standard InChI is InChI=1S/C49H55ClN10O5S/c1-49(2)17-13-35(41(28-49)33-3-5-36(50)6-4-33)31-56-21-23-58(24-22-56)38-9-11-40(44(26-38)59-45-25-34-14-18-51-47(34)54-43(45)30-53-59)48(61)55-66(64,65)39-10-12-42(46(27-39)60(62)63)52-29-32-15-19-57(20-16-32)37-7-8-37/h3-6,9-12,14,18,25-27,30,32,37,52-53H,7-8,13,15-17,19-24,28-29,31H2,1-2H3,(H,55,61). The molecular formula is C49H55ClN10O5S. The van der Waals surface area contributed by atoms with Gasteiger partial charge in [0, 0.05) is 79.9 Å². The van der Waals surface area contributed by atoms with Crippen LogP contribution in [0.1, 0.15) is 74.7 Å². The molecule has 344 valence electrons. The van der Waals surface area contributed by atoms with Crippen LogP contribution in [0.2, 0.25) is 5.02 Å². The smallest absolute Gasteiger partial charge is 0.293 e. The molecular weight excluding hydrogens is 876 g/mol. The summed E-state index contributed by atoms with van der Waals surface area (Å²) >= 11 is 6.27. The lowest BCUT2D eigenvalue weighted by atomic mass is 9.72. The molecule has 1 amide bonds. The van der Waals surface area contributed by atoms with E-state index in [2.05, 4.69) is 60.8 Å². The van der Waals surface area contributed by atoms with Gasteiger partial charge in [0.1, 0.15) is 11.2 Å². The van der Waals surface area contributed by atoms with Crippen LogP contribution < -0.4 is 14.9 Å². The monoisotopic (exact) mass is 930 g/mol. The first-order valence-electron chi connectivity index (χ1n) is 23.0.